The van der Waals surface area contributed by atoms with E-state index in [0.29, 0.717) is 0 Å². The molecular weight excluding hydrogens is 375 g/mol. The fourth-order valence-corrected chi connectivity index (χ4v) is 2.67. The summed E-state index contributed by atoms with van der Waals surface area (Å²) in [6, 6.07) is 8.44. The third kappa shape index (κ3) is 4.07. The van der Waals surface area contributed by atoms with Crippen LogP contribution in [0.15, 0.2) is 53.7 Å². The molecule has 4 nitrogen and oxygen atoms in total. The van der Waals surface area contributed by atoms with Gasteiger partial charge in [0.05, 0.1) is 16.8 Å². The predicted molar refractivity (Wildman–Crippen MR) is 86.1 cm³/mol. The van der Waals surface area contributed by atoms with Crippen molar-refractivity contribution in [2.75, 3.05) is 4.72 Å². The van der Waals surface area contributed by atoms with Gasteiger partial charge in [-0.25, -0.2) is 15.0 Å². The highest BCUT2D eigenvalue weighted by molar-refractivity contribution is 8.00. The summed E-state index contributed by atoms with van der Waals surface area (Å²) >= 11 is 0.855. The van der Waals surface area contributed by atoms with Crippen molar-refractivity contribution >= 4 is 17.8 Å². The summed E-state index contributed by atoms with van der Waals surface area (Å²) in [7, 11) is 0. The van der Waals surface area contributed by atoms with Gasteiger partial charge in [-0.1, -0.05) is 6.07 Å². The van der Waals surface area contributed by atoms with Crippen molar-refractivity contribution in [1.29, 1.82) is 0 Å². The van der Waals surface area contributed by atoms with E-state index in [2.05, 4.69) is 19.7 Å². The van der Waals surface area contributed by atoms with Crippen molar-refractivity contribution < 1.29 is 22.0 Å². The zero-order valence-electron chi connectivity index (χ0n) is 12.8. The van der Waals surface area contributed by atoms with E-state index >= 15 is 0 Å². The zero-order valence-corrected chi connectivity index (χ0v) is 13.6. The minimum absolute atomic E-state index is 0.0207. The van der Waals surface area contributed by atoms with Crippen LogP contribution < -0.4 is 4.72 Å². The number of hydrogen-bond donors (Lipinski definition) is 1. The molecule has 0 unspecified atom stereocenters. The molecule has 0 aliphatic carbocycles. The Labute approximate surface area is 148 Å². The van der Waals surface area contributed by atoms with E-state index in [1.807, 2.05) is 0 Å². The van der Waals surface area contributed by atoms with Crippen LogP contribution in [0.3, 0.4) is 0 Å². The van der Waals surface area contributed by atoms with Gasteiger partial charge < -0.3 is 4.72 Å². The molecule has 3 aromatic heterocycles. The number of alkyl halides is 3. The third-order valence-electron chi connectivity index (χ3n) is 3.16. The molecule has 0 aromatic carbocycles. The van der Waals surface area contributed by atoms with E-state index in [9.17, 15) is 22.0 Å². The molecule has 0 atom stereocenters. The first-order chi connectivity index (χ1) is 12.3. The third-order valence-corrected chi connectivity index (χ3v) is 3.91. The Bertz CT molecular complexity index is 933. The lowest BCUT2D eigenvalue weighted by Crippen LogP contribution is -2.10. The number of hydrogen-bond acceptors (Lipinski definition) is 5. The van der Waals surface area contributed by atoms with Gasteiger partial charge in [0.15, 0.2) is 0 Å². The van der Waals surface area contributed by atoms with E-state index in [1.165, 1.54) is 18.2 Å². The lowest BCUT2D eigenvalue weighted by atomic mass is 10.1. The summed E-state index contributed by atoms with van der Waals surface area (Å²) < 4.78 is 69.3. The van der Waals surface area contributed by atoms with Crippen LogP contribution in [0.1, 0.15) is 5.56 Å². The Morgan fingerprint density at radius 3 is 2.42 bits per heavy atom. The van der Waals surface area contributed by atoms with E-state index in [0.717, 1.165) is 42.4 Å². The molecule has 26 heavy (non-hydrogen) atoms. The van der Waals surface area contributed by atoms with Gasteiger partial charge in [-0.2, -0.15) is 22.0 Å². The van der Waals surface area contributed by atoms with E-state index in [-0.39, 0.29) is 16.4 Å². The number of aromatic nitrogens is 3. The monoisotopic (exact) mass is 384 g/mol. The maximum Gasteiger partial charge on any atom is 0.418 e. The fourth-order valence-electron chi connectivity index (χ4n) is 2.06. The molecule has 0 radical (unpaired) electrons. The van der Waals surface area contributed by atoms with Crippen molar-refractivity contribution in [3.8, 4) is 11.3 Å². The Hall–Kier alpha value is -2.75. The van der Waals surface area contributed by atoms with E-state index < -0.39 is 29.3 Å². The van der Waals surface area contributed by atoms with E-state index in [4.69, 9.17) is 0 Å². The maximum absolute atomic E-state index is 13.9. The minimum Gasteiger partial charge on any atom is -0.309 e. The van der Waals surface area contributed by atoms with Crippen molar-refractivity contribution in [2.24, 2.45) is 0 Å². The summed E-state index contributed by atoms with van der Waals surface area (Å²) in [5.74, 6) is -1.75. The van der Waals surface area contributed by atoms with Crippen LogP contribution in [0.4, 0.5) is 27.8 Å². The van der Waals surface area contributed by atoms with Gasteiger partial charge in [0.25, 0.3) is 0 Å². The average Bonchev–Trinajstić information content (AvgIpc) is 2.59. The van der Waals surface area contributed by atoms with Gasteiger partial charge in [0.1, 0.15) is 10.8 Å². The number of pyridine rings is 3. The van der Waals surface area contributed by atoms with Crippen LogP contribution >= 0.6 is 11.9 Å². The molecule has 0 amide bonds. The second-order valence-corrected chi connectivity index (χ2v) is 5.76. The first-order valence-electron chi connectivity index (χ1n) is 7.09. The van der Waals surface area contributed by atoms with Crippen LogP contribution in [-0.4, -0.2) is 15.0 Å². The number of anilines is 1. The summed E-state index contributed by atoms with van der Waals surface area (Å²) in [5, 5.41) is 0.251. The molecule has 0 fully saturated rings. The highest BCUT2D eigenvalue weighted by Crippen LogP contribution is 2.37. The quantitative estimate of drug-likeness (QED) is 0.392. The molecular formula is C16H9F5N4S. The largest absolute Gasteiger partial charge is 0.418 e. The van der Waals surface area contributed by atoms with Crippen molar-refractivity contribution in [1.82, 2.24) is 15.0 Å². The van der Waals surface area contributed by atoms with Crippen LogP contribution in [0.25, 0.3) is 11.3 Å². The summed E-state index contributed by atoms with van der Waals surface area (Å²) in [6.07, 6.45) is -3.60. The van der Waals surface area contributed by atoms with Crippen molar-refractivity contribution in [2.45, 2.75) is 11.2 Å². The van der Waals surface area contributed by atoms with Gasteiger partial charge in [-0.3, -0.25) is 0 Å². The van der Waals surface area contributed by atoms with Crippen LogP contribution in [0.2, 0.25) is 0 Å². The summed E-state index contributed by atoms with van der Waals surface area (Å²) in [5.41, 5.74) is -2.07. The Morgan fingerprint density at radius 2 is 1.73 bits per heavy atom. The topological polar surface area (TPSA) is 50.7 Å². The Kier molecular flexibility index (Phi) is 5.03. The summed E-state index contributed by atoms with van der Waals surface area (Å²) in [4.78, 5) is 10.8. The first kappa shape index (κ1) is 18.1. The van der Waals surface area contributed by atoms with Gasteiger partial charge >= 0.3 is 6.18 Å². The first-order valence-corrected chi connectivity index (χ1v) is 7.91. The summed E-state index contributed by atoms with van der Waals surface area (Å²) in [6.45, 7) is 0. The molecule has 3 aromatic rings. The number of nitrogens with zero attached hydrogens (tertiary/aromatic N) is 3. The predicted octanol–water partition coefficient (Wildman–Crippen LogP) is 4.95. The van der Waals surface area contributed by atoms with Crippen LogP contribution in [-0.2, 0) is 6.18 Å². The molecule has 0 spiro atoms. The van der Waals surface area contributed by atoms with E-state index in [1.54, 1.807) is 0 Å². The number of rotatable bonds is 4. The minimum atomic E-state index is -4.72. The van der Waals surface area contributed by atoms with Crippen LogP contribution in [0.5, 0.6) is 0 Å². The smallest absolute Gasteiger partial charge is 0.309 e. The normalized spacial score (nSPS) is 11.4. The molecule has 134 valence electrons. The van der Waals surface area contributed by atoms with Crippen molar-refractivity contribution in [3.63, 3.8) is 0 Å². The van der Waals surface area contributed by atoms with Crippen molar-refractivity contribution in [3.05, 3.63) is 66.1 Å². The van der Waals surface area contributed by atoms with Gasteiger partial charge in [0, 0.05) is 18.1 Å². The second kappa shape index (κ2) is 7.24. The molecule has 0 aliphatic heterocycles. The maximum atomic E-state index is 13.9. The number of halogens is 5. The van der Waals surface area contributed by atoms with Gasteiger partial charge in [0.2, 0.25) is 11.9 Å². The highest BCUT2D eigenvalue weighted by atomic mass is 32.2. The molecule has 3 heterocycles. The SMILES string of the molecule is Fc1cccc(SNc2ccc(C(F)(F)F)c(-c3cccnc3F)n2)n1. The number of nitrogens with one attached hydrogen (secondary N) is 1. The van der Waals surface area contributed by atoms with Crippen LogP contribution in [0, 0.1) is 11.9 Å². The standard InChI is InChI=1S/C16H9F5N4S/c17-11-4-1-5-13(23-11)26-25-12-7-6-10(16(19,20)21)14(24-12)9-3-2-8-22-15(9)18/h1-8H,(H,24,25). The van der Waals surface area contributed by atoms with Gasteiger partial charge in [-0.05, 0) is 36.4 Å². The van der Waals surface area contributed by atoms with Gasteiger partial charge in [-0.15, -0.1) is 0 Å². The fraction of sp³-hybridized carbons (Fsp3) is 0.0625. The second-order valence-electron chi connectivity index (χ2n) is 4.93. The highest BCUT2D eigenvalue weighted by Gasteiger charge is 2.35. The Morgan fingerprint density at radius 1 is 0.923 bits per heavy atom. The zero-order chi connectivity index (χ0) is 18.7. The Balaban J connectivity index is 1.96. The molecule has 0 saturated carbocycles. The molecule has 0 bridgehead atoms. The molecule has 1 N–H and O–H groups in total. The lowest BCUT2D eigenvalue weighted by Gasteiger charge is -2.14. The molecule has 0 aliphatic rings. The molecule has 0 saturated heterocycles. The molecule has 10 heteroatoms. The lowest BCUT2D eigenvalue weighted by molar-refractivity contribution is -0.137. The average molecular weight is 384 g/mol. The molecule has 3 rings (SSSR count).